The third-order valence-corrected chi connectivity index (χ3v) is 7.45. The summed E-state index contributed by atoms with van der Waals surface area (Å²) in [6, 6.07) is 10.1. The van der Waals surface area contributed by atoms with Crippen LogP contribution in [0.2, 0.25) is 0 Å². The first kappa shape index (κ1) is 20.9. The van der Waals surface area contributed by atoms with Gasteiger partial charge in [-0.3, -0.25) is 4.79 Å². The molecule has 0 radical (unpaired) electrons. The molecule has 7 heteroatoms. The van der Waals surface area contributed by atoms with Gasteiger partial charge in [-0.05, 0) is 54.5 Å². The van der Waals surface area contributed by atoms with E-state index in [1.807, 2.05) is 6.07 Å². The molecule has 0 spiro atoms. The number of methoxy groups -OCH3 is 1. The summed E-state index contributed by atoms with van der Waals surface area (Å²) in [5.74, 6) is -0.275. The highest BCUT2D eigenvalue weighted by Crippen LogP contribution is 2.38. The number of sulfonamides is 1. The molecule has 4 rings (SSSR count). The van der Waals surface area contributed by atoms with Crippen molar-refractivity contribution in [1.82, 2.24) is 4.72 Å². The molecule has 0 amide bonds. The smallest absolute Gasteiger partial charge is 0.324 e. The average Bonchev–Trinajstić information content (AvgIpc) is 3.38. The molecule has 1 aromatic heterocycles. The van der Waals surface area contributed by atoms with Crippen molar-refractivity contribution in [3.63, 3.8) is 0 Å². The Bertz CT molecular complexity index is 1190. The fourth-order valence-electron chi connectivity index (χ4n) is 4.27. The van der Waals surface area contributed by atoms with Gasteiger partial charge in [-0.25, -0.2) is 8.42 Å². The molecule has 1 atom stereocenters. The van der Waals surface area contributed by atoms with E-state index in [-0.39, 0.29) is 10.8 Å². The van der Waals surface area contributed by atoms with Crippen LogP contribution in [0.5, 0.6) is 0 Å². The Hall–Kier alpha value is -2.38. The molecule has 3 aromatic rings. The van der Waals surface area contributed by atoms with Crippen LogP contribution in [0.15, 0.2) is 45.7 Å². The van der Waals surface area contributed by atoms with Crippen molar-refractivity contribution in [2.75, 3.05) is 7.11 Å². The number of carbonyl (C=O) groups is 1. The molecule has 2 aromatic carbocycles. The monoisotopic (exact) mass is 429 g/mol. The van der Waals surface area contributed by atoms with Crippen molar-refractivity contribution >= 4 is 37.9 Å². The van der Waals surface area contributed by atoms with E-state index in [0.29, 0.717) is 11.5 Å². The van der Waals surface area contributed by atoms with Gasteiger partial charge in [0.05, 0.1) is 12.0 Å². The van der Waals surface area contributed by atoms with Crippen LogP contribution in [-0.4, -0.2) is 27.5 Å². The number of ether oxygens (including phenoxy) is 1. The van der Waals surface area contributed by atoms with Gasteiger partial charge in [0, 0.05) is 16.8 Å². The SMILES string of the molecule is COC(=O)[C@@H](NS(=O)(=O)c1ccc2c(c1)oc1ccc(C3CCCC3)cc12)C(C)C. The molecule has 1 heterocycles. The first-order valence-corrected chi connectivity index (χ1v) is 11.8. The van der Waals surface area contributed by atoms with Crippen LogP contribution in [0.3, 0.4) is 0 Å². The zero-order valence-electron chi connectivity index (χ0n) is 17.5. The van der Waals surface area contributed by atoms with E-state index in [4.69, 9.17) is 9.15 Å². The Morgan fingerprint density at radius 3 is 2.47 bits per heavy atom. The summed E-state index contributed by atoms with van der Waals surface area (Å²) in [7, 11) is -2.68. The highest BCUT2D eigenvalue weighted by atomic mass is 32.2. The molecule has 1 aliphatic rings. The number of furan rings is 1. The summed E-state index contributed by atoms with van der Waals surface area (Å²) < 4.78 is 38.9. The van der Waals surface area contributed by atoms with E-state index in [1.165, 1.54) is 44.4 Å². The molecule has 1 saturated carbocycles. The van der Waals surface area contributed by atoms with Gasteiger partial charge in [0.1, 0.15) is 17.2 Å². The minimum absolute atomic E-state index is 0.0552. The third-order valence-electron chi connectivity index (χ3n) is 6.01. The molecule has 0 unspecified atom stereocenters. The number of rotatable bonds is 6. The van der Waals surface area contributed by atoms with E-state index in [2.05, 4.69) is 16.9 Å². The highest BCUT2D eigenvalue weighted by Gasteiger charge is 2.29. The first-order valence-electron chi connectivity index (χ1n) is 10.4. The number of carbonyl (C=O) groups excluding carboxylic acids is 1. The molecule has 30 heavy (non-hydrogen) atoms. The Labute approximate surface area is 176 Å². The number of hydrogen-bond donors (Lipinski definition) is 1. The number of esters is 1. The topological polar surface area (TPSA) is 85.6 Å². The zero-order valence-corrected chi connectivity index (χ0v) is 18.3. The predicted molar refractivity (Wildman–Crippen MR) is 116 cm³/mol. The molecule has 1 N–H and O–H groups in total. The van der Waals surface area contributed by atoms with E-state index >= 15 is 0 Å². The van der Waals surface area contributed by atoms with Crippen molar-refractivity contribution < 1.29 is 22.4 Å². The molecular weight excluding hydrogens is 402 g/mol. The molecule has 1 fully saturated rings. The summed E-state index contributed by atoms with van der Waals surface area (Å²) in [6.45, 7) is 3.52. The van der Waals surface area contributed by atoms with Gasteiger partial charge in [-0.15, -0.1) is 0 Å². The number of nitrogens with one attached hydrogen (secondary N) is 1. The maximum Gasteiger partial charge on any atom is 0.324 e. The van der Waals surface area contributed by atoms with E-state index < -0.39 is 22.0 Å². The van der Waals surface area contributed by atoms with Gasteiger partial charge in [-0.1, -0.05) is 32.8 Å². The molecular formula is C23H27NO5S. The van der Waals surface area contributed by atoms with Gasteiger partial charge in [0.15, 0.2) is 0 Å². The van der Waals surface area contributed by atoms with Gasteiger partial charge in [-0.2, -0.15) is 4.72 Å². The van der Waals surface area contributed by atoms with Crippen LogP contribution in [0.1, 0.15) is 51.0 Å². The molecule has 0 saturated heterocycles. The fraction of sp³-hybridized carbons (Fsp3) is 0.435. The zero-order chi connectivity index (χ0) is 21.5. The Balaban J connectivity index is 1.70. The van der Waals surface area contributed by atoms with Crippen molar-refractivity contribution in [3.8, 4) is 0 Å². The average molecular weight is 430 g/mol. The summed E-state index contributed by atoms with van der Waals surface area (Å²) in [5, 5.41) is 1.89. The van der Waals surface area contributed by atoms with Gasteiger partial charge >= 0.3 is 5.97 Å². The van der Waals surface area contributed by atoms with Crippen LogP contribution in [0, 0.1) is 5.92 Å². The summed E-state index contributed by atoms with van der Waals surface area (Å²) >= 11 is 0. The fourth-order valence-corrected chi connectivity index (χ4v) is 5.62. The van der Waals surface area contributed by atoms with Gasteiger partial charge in [0.2, 0.25) is 10.0 Å². The highest BCUT2D eigenvalue weighted by molar-refractivity contribution is 7.89. The number of benzene rings is 2. The lowest BCUT2D eigenvalue weighted by molar-refractivity contribution is -0.143. The summed E-state index contributed by atoms with van der Waals surface area (Å²) in [5.41, 5.74) is 2.57. The molecule has 0 aliphatic heterocycles. The molecule has 1 aliphatic carbocycles. The second kappa shape index (κ2) is 8.04. The maximum atomic E-state index is 12.9. The molecule has 160 valence electrons. The minimum Gasteiger partial charge on any atom is -0.468 e. The van der Waals surface area contributed by atoms with Crippen LogP contribution < -0.4 is 4.72 Å². The van der Waals surface area contributed by atoms with E-state index in [1.54, 1.807) is 26.0 Å². The quantitative estimate of drug-likeness (QED) is 0.573. The van der Waals surface area contributed by atoms with Gasteiger partial charge < -0.3 is 9.15 Å². The van der Waals surface area contributed by atoms with E-state index in [9.17, 15) is 13.2 Å². The summed E-state index contributed by atoms with van der Waals surface area (Å²) in [4.78, 5) is 12.0. The van der Waals surface area contributed by atoms with Crippen molar-refractivity contribution in [2.24, 2.45) is 5.92 Å². The lowest BCUT2D eigenvalue weighted by Crippen LogP contribution is -2.44. The number of fused-ring (bicyclic) bond motifs is 3. The van der Waals surface area contributed by atoms with Crippen LogP contribution in [0.25, 0.3) is 21.9 Å². The maximum absolute atomic E-state index is 12.9. The van der Waals surface area contributed by atoms with Crippen molar-refractivity contribution in [3.05, 3.63) is 42.0 Å². The lowest BCUT2D eigenvalue weighted by Gasteiger charge is -2.19. The Morgan fingerprint density at radius 1 is 1.07 bits per heavy atom. The predicted octanol–water partition coefficient (Wildman–Crippen LogP) is 4.72. The summed E-state index contributed by atoms with van der Waals surface area (Å²) in [6.07, 6.45) is 4.97. The Morgan fingerprint density at radius 2 is 1.80 bits per heavy atom. The Kier molecular flexibility index (Phi) is 5.59. The third kappa shape index (κ3) is 3.84. The number of hydrogen-bond acceptors (Lipinski definition) is 5. The minimum atomic E-state index is -3.92. The van der Waals surface area contributed by atoms with E-state index in [0.717, 1.165) is 16.4 Å². The van der Waals surface area contributed by atoms with Crippen molar-refractivity contribution in [1.29, 1.82) is 0 Å². The molecule has 0 bridgehead atoms. The second-order valence-corrected chi connectivity index (χ2v) is 10.1. The lowest BCUT2D eigenvalue weighted by atomic mass is 9.96. The van der Waals surface area contributed by atoms with Gasteiger partial charge in [0.25, 0.3) is 0 Å². The standard InChI is InChI=1S/C23H27NO5S/c1-14(2)22(23(25)28-3)24-30(26,27)17-9-10-18-19-12-16(15-6-4-5-7-15)8-11-20(19)29-21(18)13-17/h8-15,22,24H,4-7H2,1-3H3/t22-/m0/s1. The normalized spacial score (nSPS) is 16.5. The van der Waals surface area contributed by atoms with Crippen LogP contribution in [0.4, 0.5) is 0 Å². The largest absolute Gasteiger partial charge is 0.468 e. The second-order valence-electron chi connectivity index (χ2n) is 8.36. The van der Waals surface area contributed by atoms with Crippen LogP contribution in [-0.2, 0) is 19.6 Å². The first-order chi connectivity index (χ1) is 14.3. The van der Waals surface area contributed by atoms with Crippen molar-refractivity contribution in [2.45, 2.75) is 56.4 Å². The molecule has 6 nitrogen and oxygen atoms in total. The van der Waals surface area contributed by atoms with Crippen LogP contribution >= 0.6 is 0 Å².